The first kappa shape index (κ1) is 28.7. The lowest BCUT2D eigenvalue weighted by Crippen LogP contribution is -2.40. The zero-order valence-electron chi connectivity index (χ0n) is 20.7. The molecule has 37 heavy (non-hydrogen) atoms. The van der Waals surface area contributed by atoms with Gasteiger partial charge in [-0.3, -0.25) is 15.0 Å². The number of halogens is 2. The third-order valence-corrected chi connectivity index (χ3v) is 6.59. The van der Waals surface area contributed by atoms with Crippen molar-refractivity contribution in [2.24, 2.45) is 5.73 Å². The molecular weight excluding hydrogens is 508 g/mol. The molecule has 1 aromatic heterocycles. The lowest BCUT2D eigenvalue weighted by molar-refractivity contribution is 0.0127. The molecular formula is C24H33F2N5O5S. The largest absolute Gasteiger partial charge is 0.471 e. The fourth-order valence-electron chi connectivity index (χ4n) is 3.89. The molecule has 0 bridgehead atoms. The summed E-state index contributed by atoms with van der Waals surface area (Å²) in [5.41, 5.74) is 5.35. The monoisotopic (exact) mass is 541 g/mol. The highest BCUT2D eigenvalue weighted by Gasteiger charge is 2.23. The summed E-state index contributed by atoms with van der Waals surface area (Å²) in [6.45, 7) is 5.16. The van der Waals surface area contributed by atoms with Crippen molar-refractivity contribution >= 4 is 28.5 Å². The van der Waals surface area contributed by atoms with Crippen LogP contribution >= 0.6 is 11.5 Å². The van der Waals surface area contributed by atoms with E-state index in [1.807, 2.05) is 0 Å². The normalized spacial score (nSPS) is 14.8. The van der Waals surface area contributed by atoms with Crippen molar-refractivity contribution in [1.29, 1.82) is 0 Å². The minimum atomic E-state index is -0.903. The highest BCUT2D eigenvalue weighted by atomic mass is 32.1. The van der Waals surface area contributed by atoms with E-state index >= 15 is 0 Å². The van der Waals surface area contributed by atoms with E-state index in [0.29, 0.717) is 44.7 Å². The number of aliphatic hydroxyl groups excluding tert-OH is 1. The Balaban J connectivity index is 1.40. The third kappa shape index (κ3) is 8.88. The smallest absolute Gasteiger partial charge is 0.319 e. The van der Waals surface area contributed by atoms with Gasteiger partial charge in [-0.05, 0) is 49.0 Å². The summed E-state index contributed by atoms with van der Waals surface area (Å²) in [4.78, 5) is 26.4. The zero-order chi connectivity index (χ0) is 26.8. The maximum atomic E-state index is 14.1. The average molecular weight is 542 g/mol. The summed E-state index contributed by atoms with van der Waals surface area (Å²) in [5.74, 6) is -2.68. The number of aromatic nitrogens is 1. The minimum Gasteiger partial charge on any atom is -0.471 e. The quantitative estimate of drug-likeness (QED) is 0.286. The number of unbranched alkanes of at least 4 members (excludes halogenated alkanes) is 2. The van der Waals surface area contributed by atoms with Crippen LogP contribution in [0, 0.1) is 18.6 Å². The topological polar surface area (TPSA) is 139 Å². The van der Waals surface area contributed by atoms with E-state index in [1.54, 1.807) is 6.92 Å². The van der Waals surface area contributed by atoms with E-state index in [0.717, 1.165) is 37.5 Å². The van der Waals surface area contributed by atoms with E-state index in [-0.39, 0.29) is 28.1 Å². The fraction of sp³-hybridized carbons (Fsp3) is 0.542. The lowest BCUT2D eigenvalue weighted by Gasteiger charge is -2.28. The fourth-order valence-corrected chi connectivity index (χ4v) is 4.62. The molecule has 0 spiro atoms. The van der Waals surface area contributed by atoms with Gasteiger partial charge in [-0.15, -0.1) is 0 Å². The second-order valence-corrected chi connectivity index (χ2v) is 9.62. The maximum absolute atomic E-state index is 14.1. The molecule has 1 aliphatic heterocycles. The number of rotatable bonds is 13. The Morgan fingerprint density at radius 2 is 1.95 bits per heavy atom. The Morgan fingerprint density at radius 1 is 1.24 bits per heavy atom. The van der Waals surface area contributed by atoms with E-state index < -0.39 is 30.2 Å². The minimum absolute atomic E-state index is 0.0658. The van der Waals surface area contributed by atoms with Crippen molar-refractivity contribution in [1.82, 2.24) is 14.6 Å². The second kappa shape index (κ2) is 14.2. The third-order valence-electron chi connectivity index (χ3n) is 5.85. The van der Waals surface area contributed by atoms with Crippen molar-refractivity contribution in [2.45, 2.75) is 45.3 Å². The number of morpholine rings is 1. The van der Waals surface area contributed by atoms with Crippen LogP contribution in [-0.2, 0) is 11.3 Å². The molecule has 13 heteroatoms. The molecule has 1 fully saturated rings. The molecule has 1 aliphatic rings. The number of benzene rings is 1. The maximum Gasteiger partial charge on any atom is 0.319 e. The van der Waals surface area contributed by atoms with Gasteiger partial charge in [0.15, 0.2) is 0 Å². The van der Waals surface area contributed by atoms with Crippen LogP contribution in [0.2, 0.25) is 0 Å². The standard InChI is InChI=1S/C24H33F2N5O5S/c1-15-11-18(25)17(19(26)12-15)14-36-22-20(21(27)33)23(37-30-22)29-24(34)28-6-4-2-3-5-16(32)13-31-7-9-35-10-8-31/h11-12,16,32H,2-10,13-14H2,1H3,(H2,27,33)(H2,28,29,34). The molecule has 1 saturated heterocycles. The Labute approximate surface area is 218 Å². The molecule has 10 nitrogen and oxygen atoms in total. The molecule has 0 radical (unpaired) electrons. The summed E-state index contributed by atoms with van der Waals surface area (Å²) in [6, 6.07) is 1.78. The number of carbonyl (C=O) groups excluding carboxylic acids is 2. The number of ether oxygens (including phenoxy) is 2. The van der Waals surface area contributed by atoms with E-state index in [9.17, 15) is 23.5 Å². The predicted molar refractivity (Wildman–Crippen MR) is 135 cm³/mol. The molecule has 3 rings (SSSR count). The zero-order valence-corrected chi connectivity index (χ0v) is 21.5. The summed E-state index contributed by atoms with van der Waals surface area (Å²) < 4.78 is 42.8. The predicted octanol–water partition coefficient (Wildman–Crippen LogP) is 2.78. The van der Waals surface area contributed by atoms with Gasteiger partial charge in [-0.1, -0.05) is 12.8 Å². The summed E-state index contributed by atoms with van der Waals surface area (Å²) in [5, 5.41) is 15.4. The van der Waals surface area contributed by atoms with Gasteiger partial charge in [0.1, 0.15) is 28.8 Å². The van der Waals surface area contributed by atoms with Crippen LogP contribution in [0.4, 0.5) is 18.6 Å². The average Bonchev–Trinajstić information content (AvgIpc) is 3.23. The summed E-state index contributed by atoms with van der Waals surface area (Å²) in [6.07, 6.45) is 2.68. The number of aliphatic hydroxyl groups is 1. The molecule has 1 aromatic carbocycles. The van der Waals surface area contributed by atoms with Crippen LogP contribution in [-0.4, -0.2) is 71.8 Å². The van der Waals surface area contributed by atoms with Crippen molar-refractivity contribution in [3.8, 4) is 5.88 Å². The first-order chi connectivity index (χ1) is 17.7. The highest BCUT2D eigenvalue weighted by Crippen LogP contribution is 2.31. The van der Waals surface area contributed by atoms with Gasteiger partial charge in [-0.2, -0.15) is 4.37 Å². The van der Waals surface area contributed by atoms with Crippen LogP contribution in [0.5, 0.6) is 5.88 Å². The number of amides is 3. The number of carbonyl (C=O) groups is 2. The van der Waals surface area contributed by atoms with Gasteiger partial charge in [0, 0.05) is 26.2 Å². The molecule has 1 atom stereocenters. The Bertz CT molecular complexity index is 1040. The van der Waals surface area contributed by atoms with E-state index in [1.165, 1.54) is 12.1 Å². The molecule has 0 saturated carbocycles. The van der Waals surface area contributed by atoms with Crippen LogP contribution in [0.1, 0.15) is 47.2 Å². The number of nitrogens with one attached hydrogen (secondary N) is 2. The van der Waals surface area contributed by atoms with Gasteiger partial charge in [0.25, 0.3) is 5.91 Å². The molecule has 3 amide bonds. The summed E-state index contributed by atoms with van der Waals surface area (Å²) >= 11 is 0.769. The van der Waals surface area contributed by atoms with E-state index in [2.05, 4.69) is 19.9 Å². The molecule has 2 heterocycles. The van der Waals surface area contributed by atoms with Crippen molar-refractivity contribution in [3.63, 3.8) is 0 Å². The van der Waals surface area contributed by atoms with Gasteiger partial charge < -0.3 is 25.6 Å². The number of β-amino-alcohol motifs (C(OH)–C–C–N with tert-alkyl or cyclic N) is 1. The number of aryl methyl sites for hydroxylation is 1. The molecule has 0 aliphatic carbocycles. The van der Waals surface area contributed by atoms with Crippen molar-refractivity contribution in [2.75, 3.05) is 44.7 Å². The van der Waals surface area contributed by atoms with Gasteiger partial charge in [0.2, 0.25) is 5.88 Å². The number of anilines is 1. The highest BCUT2D eigenvalue weighted by molar-refractivity contribution is 7.11. The number of hydrogen-bond acceptors (Lipinski definition) is 8. The van der Waals surface area contributed by atoms with Gasteiger partial charge >= 0.3 is 6.03 Å². The van der Waals surface area contributed by atoms with Crippen LogP contribution in [0.25, 0.3) is 0 Å². The molecule has 204 valence electrons. The first-order valence-electron chi connectivity index (χ1n) is 12.1. The van der Waals surface area contributed by atoms with Crippen LogP contribution in [0.3, 0.4) is 0 Å². The number of nitrogens with zero attached hydrogens (tertiary/aromatic N) is 2. The number of urea groups is 1. The van der Waals surface area contributed by atoms with Gasteiger partial charge in [0.05, 0.1) is 24.9 Å². The van der Waals surface area contributed by atoms with Crippen molar-refractivity contribution in [3.05, 3.63) is 40.5 Å². The number of primary amides is 1. The Kier molecular flexibility index (Phi) is 11.0. The lowest BCUT2D eigenvalue weighted by atomic mass is 10.1. The van der Waals surface area contributed by atoms with Crippen LogP contribution in [0.15, 0.2) is 12.1 Å². The SMILES string of the molecule is Cc1cc(F)c(COc2nsc(NC(=O)NCCCCCC(O)CN3CCOCC3)c2C(N)=O)c(F)c1. The number of nitrogens with two attached hydrogens (primary N) is 1. The summed E-state index contributed by atoms with van der Waals surface area (Å²) in [7, 11) is 0. The molecule has 2 aromatic rings. The van der Waals surface area contributed by atoms with E-state index in [4.69, 9.17) is 15.2 Å². The first-order valence-corrected chi connectivity index (χ1v) is 12.9. The second-order valence-electron chi connectivity index (χ2n) is 8.85. The number of hydrogen-bond donors (Lipinski definition) is 4. The Hall–Kier alpha value is -2.87. The Morgan fingerprint density at radius 3 is 2.62 bits per heavy atom. The molecule has 5 N–H and O–H groups in total. The van der Waals surface area contributed by atoms with Gasteiger partial charge in [-0.25, -0.2) is 13.6 Å². The van der Waals surface area contributed by atoms with Crippen molar-refractivity contribution < 1.29 is 33.0 Å². The van der Waals surface area contributed by atoms with Crippen LogP contribution < -0.4 is 21.1 Å². The molecule has 1 unspecified atom stereocenters.